The molecule has 0 aromatic heterocycles. The maximum Gasteiger partial charge on any atom is 0.260 e. The Labute approximate surface area is 152 Å². The Balaban J connectivity index is 1.66. The van der Waals surface area contributed by atoms with Crippen molar-refractivity contribution in [3.63, 3.8) is 0 Å². The van der Waals surface area contributed by atoms with Crippen LogP contribution in [0.3, 0.4) is 0 Å². The Morgan fingerprint density at radius 3 is 2.79 bits per heavy atom. The van der Waals surface area contributed by atoms with Crippen LogP contribution in [0, 0.1) is 0 Å². The molecule has 0 unspecified atom stereocenters. The molecule has 1 amide bonds. The lowest BCUT2D eigenvalue weighted by Gasteiger charge is -2.29. The van der Waals surface area contributed by atoms with Crippen molar-refractivity contribution in [1.82, 2.24) is 10.2 Å². The lowest BCUT2D eigenvalue weighted by Crippen LogP contribution is -2.39. The van der Waals surface area contributed by atoms with E-state index < -0.39 is 6.10 Å². The Morgan fingerprint density at radius 1 is 1.42 bits per heavy atom. The van der Waals surface area contributed by atoms with E-state index in [-0.39, 0.29) is 12.0 Å². The van der Waals surface area contributed by atoms with E-state index in [1.54, 1.807) is 25.1 Å². The zero-order chi connectivity index (χ0) is 17.5. The number of halogens is 2. The van der Waals surface area contributed by atoms with Gasteiger partial charge in [0, 0.05) is 24.7 Å². The van der Waals surface area contributed by atoms with Crippen molar-refractivity contribution in [1.29, 1.82) is 0 Å². The van der Waals surface area contributed by atoms with Crippen molar-refractivity contribution in [2.75, 3.05) is 26.2 Å². The average Bonchev–Trinajstić information content (AvgIpc) is 2.55. The first kappa shape index (κ1) is 19.3. The first-order valence-corrected chi connectivity index (χ1v) is 9.01. The second kappa shape index (κ2) is 9.47. The predicted molar refractivity (Wildman–Crippen MR) is 95.9 cm³/mol. The number of rotatable bonds is 7. The summed E-state index contributed by atoms with van der Waals surface area (Å²) >= 11 is 11.9. The average molecular weight is 375 g/mol. The highest BCUT2D eigenvalue weighted by Gasteiger charge is 2.18. The summed E-state index contributed by atoms with van der Waals surface area (Å²) in [5, 5.41) is 13.3. The SMILES string of the molecule is C[C@@H](Oc1ccc(Cl)cc1Cl)C(=O)NCCCN1CCC(O)CC1. The number of aliphatic hydroxyl groups excluding tert-OH is 1. The predicted octanol–water partition coefficient (Wildman–Crippen LogP) is 2.72. The lowest BCUT2D eigenvalue weighted by molar-refractivity contribution is -0.127. The largest absolute Gasteiger partial charge is 0.479 e. The molecule has 0 spiro atoms. The summed E-state index contributed by atoms with van der Waals surface area (Å²) < 4.78 is 5.58. The Kier molecular flexibility index (Phi) is 7.62. The van der Waals surface area contributed by atoms with Crippen LogP contribution in [0.4, 0.5) is 0 Å². The summed E-state index contributed by atoms with van der Waals surface area (Å²) in [7, 11) is 0. The molecule has 5 nitrogen and oxygen atoms in total. The molecule has 1 fully saturated rings. The number of ether oxygens (including phenoxy) is 1. The molecule has 24 heavy (non-hydrogen) atoms. The summed E-state index contributed by atoms with van der Waals surface area (Å²) in [4.78, 5) is 14.4. The van der Waals surface area contributed by atoms with Crippen LogP contribution in [0.5, 0.6) is 5.75 Å². The molecule has 1 aliphatic rings. The van der Waals surface area contributed by atoms with Crippen molar-refractivity contribution >= 4 is 29.1 Å². The van der Waals surface area contributed by atoms with Gasteiger partial charge in [-0.05, 0) is 50.9 Å². The van der Waals surface area contributed by atoms with Crippen molar-refractivity contribution in [3.8, 4) is 5.75 Å². The zero-order valence-corrected chi connectivity index (χ0v) is 15.3. The topological polar surface area (TPSA) is 61.8 Å². The molecule has 2 N–H and O–H groups in total. The van der Waals surface area contributed by atoms with E-state index in [4.69, 9.17) is 27.9 Å². The number of piperidine rings is 1. The van der Waals surface area contributed by atoms with Gasteiger partial charge in [-0.15, -0.1) is 0 Å². The third-order valence-electron chi connectivity index (χ3n) is 4.07. The normalized spacial score (nSPS) is 17.5. The van der Waals surface area contributed by atoms with Gasteiger partial charge in [-0.1, -0.05) is 23.2 Å². The van der Waals surface area contributed by atoms with E-state index in [0.29, 0.717) is 22.3 Å². The van der Waals surface area contributed by atoms with Crippen LogP contribution in [-0.2, 0) is 4.79 Å². The first-order chi connectivity index (χ1) is 11.5. The maximum absolute atomic E-state index is 12.1. The number of carbonyl (C=O) groups excluding carboxylic acids is 1. The molecule has 7 heteroatoms. The molecule has 1 saturated heterocycles. The van der Waals surface area contributed by atoms with Gasteiger partial charge in [0.05, 0.1) is 11.1 Å². The Morgan fingerprint density at radius 2 is 2.12 bits per heavy atom. The van der Waals surface area contributed by atoms with Crippen LogP contribution >= 0.6 is 23.2 Å². The number of amides is 1. The molecule has 0 saturated carbocycles. The summed E-state index contributed by atoms with van der Waals surface area (Å²) in [5.41, 5.74) is 0. The number of nitrogens with one attached hydrogen (secondary N) is 1. The summed E-state index contributed by atoms with van der Waals surface area (Å²) in [6, 6.07) is 4.90. The third kappa shape index (κ3) is 6.13. The quantitative estimate of drug-likeness (QED) is 0.720. The highest BCUT2D eigenvalue weighted by Crippen LogP contribution is 2.28. The van der Waals surface area contributed by atoms with Crippen LogP contribution in [0.1, 0.15) is 26.2 Å². The second-order valence-corrected chi connectivity index (χ2v) is 6.90. The van der Waals surface area contributed by atoms with Gasteiger partial charge in [-0.25, -0.2) is 0 Å². The molecule has 2 rings (SSSR count). The van der Waals surface area contributed by atoms with E-state index in [0.717, 1.165) is 38.9 Å². The molecule has 1 aliphatic heterocycles. The standard InChI is InChI=1S/C17H24Cl2N2O3/c1-12(24-16-4-3-13(18)11-15(16)19)17(23)20-7-2-8-21-9-5-14(22)6-10-21/h3-4,11-12,14,22H,2,5-10H2,1H3,(H,20,23)/t12-/m1/s1. The molecule has 1 heterocycles. The lowest BCUT2D eigenvalue weighted by atomic mass is 10.1. The van der Waals surface area contributed by atoms with E-state index in [9.17, 15) is 9.90 Å². The van der Waals surface area contributed by atoms with Crippen LogP contribution in [0.2, 0.25) is 10.0 Å². The van der Waals surface area contributed by atoms with Gasteiger partial charge in [0.25, 0.3) is 5.91 Å². The highest BCUT2D eigenvalue weighted by atomic mass is 35.5. The van der Waals surface area contributed by atoms with E-state index in [2.05, 4.69) is 10.2 Å². The molecule has 1 atom stereocenters. The molecule has 134 valence electrons. The molecule has 1 aromatic rings. The number of aliphatic hydroxyl groups is 1. The van der Waals surface area contributed by atoms with Crippen molar-refractivity contribution < 1.29 is 14.6 Å². The molecular weight excluding hydrogens is 351 g/mol. The Bertz CT molecular complexity index is 549. The molecule has 0 bridgehead atoms. The number of hydrogen-bond donors (Lipinski definition) is 2. The zero-order valence-electron chi connectivity index (χ0n) is 13.8. The minimum absolute atomic E-state index is 0.154. The van der Waals surface area contributed by atoms with E-state index >= 15 is 0 Å². The highest BCUT2D eigenvalue weighted by molar-refractivity contribution is 6.35. The molecular formula is C17H24Cl2N2O3. The van der Waals surface area contributed by atoms with Gasteiger partial charge in [0.15, 0.2) is 6.10 Å². The van der Waals surface area contributed by atoms with Crippen LogP contribution in [0.15, 0.2) is 18.2 Å². The maximum atomic E-state index is 12.1. The monoisotopic (exact) mass is 374 g/mol. The van der Waals surface area contributed by atoms with Crippen LogP contribution in [0.25, 0.3) is 0 Å². The number of benzene rings is 1. The van der Waals surface area contributed by atoms with Crippen LogP contribution in [-0.4, -0.2) is 54.3 Å². The van der Waals surface area contributed by atoms with E-state index in [1.807, 2.05) is 0 Å². The smallest absolute Gasteiger partial charge is 0.260 e. The number of nitrogens with zero attached hydrogens (tertiary/aromatic N) is 1. The van der Waals surface area contributed by atoms with Crippen molar-refractivity contribution in [2.24, 2.45) is 0 Å². The van der Waals surface area contributed by atoms with Gasteiger partial charge >= 0.3 is 0 Å². The fraction of sp³-hybridized carbons (Fsp3) is 0.588. The van der Waals surface area contributed by atoms with Gasteiger partial charge in [0.1, 0.15) is 5.75 Å². The fourth-order valence-corrected chi connectivity index (χ4v) is 3.07. The molecule has 0 aliphatic carbocycles. The van der Waals surface area contributed by atoms with Crippen LogP contribution < -0.4 is 10.1 Å². The summed E-state index contributed by atoms with van der Waals surface area (Å²) in [6.45, 7) is 5.05. The summed E-state index contributed by atoms with van der Waals surface area (Å²) in [6.07, 6.45) is 1.75. The number of hydrogen-bond acceptors (Lipinski definition) is 4. The van der Waals surface area contributed by atoms with Gasteiger partial charge in [-0.3, -0.25) is 4.79 Å². The minimum Gasteiger partial charge on any atom is -0.479 e. The van der Waals surface area contributed by atoms with Gasteiger partial charge in [0.2, 0.25) is 0 Å². The van der Waals surface area contributed by atoms with Crippen molar-refractivity contribution in [3.05, 3.63) is 28.2 Å². The number of likely N-dealkylation sites (tertiary alicyclic amines) is 1. The Hall–Kier alpha value is -1.01. The van der Waals surface area contributed by atoms with Gasteiger partial charge in [-0.2, -0.15) is 0 Å². The summed E-state index contributed by atoms with van der Waals surface area (Å²) in [5.74, 6) is 0.269. The van der Waals surface area contributed by atoms with Gasteiger partial charge < -0.3 is 20.1 Å². The second-order valence-electron chi connectivity index (χ2n) is 6.05. The first-order valence-electron chi connectivity index (χ1n) is 8.25. The molecule has 0 radical (unpaired) electrons. The van der Waals surface area contributed by atoms with E-state index in [1.165, 1.54) is 0 Å². The third-order valence-corrected chi connectivity index (χ3v) is 4.60. The minimum atomic E-state index is -0.631. The van der Waals surface area contributed by atoms with Crippen molar-refractivity contribution in [2.45, 2.75) is 38.4 Å². The molecule has 1 aromatic carbocycles. The number of carbonyl (C=O) groups is 1. The fourth-order valence-electron chi connectivity index (χ4n) is 2.62.